The molecule has 29 heavy (non-hydrogen) atoms. The van der Waals surface area contributed by atoms with Crippen molar-refractivity contribution < 1.29 is 0 Å². The summed E-state index contributed by atoms with van der Waals surface area (Å²) in [7, 11) is 2.28. The molecule has 4 nitrogen and oxygen atoms in total. The molecule has 1 aromatic heterocycles. The maximum atomic E-state index is 4.29. The molecule has 2 heterocycles. The molecule has 3 aromatic rings. The van der Waals surface area contributed by atoms with Gasteiger partial charge >= 0.3 is 0 Å². The molecule has 0 spiro atoms. The molecule has 1 fully saturated rings. The van der Waals surface area contributed by atoms with Gasteiger partial charge in [-0.15, -0.1) is 0 Å². The largest absolute Gasteiger partial charge is 0.301 e. The van der Waals surface area contributed by atoms with Crippen LogP contribution in [-0.4, -0.2) is 52.3 Å². The first kappa shape index (κ1) is 19.9. The number of likely N-dealkylation sites (tertiary alicyclic amines) is 1. The number of nitrogens with zero attached hydrogens (tertiary/aromatic N) is 4. The normalized spacial score (nSPS) is 17.7. The fourth-order valence-electron chi connectivity index (χ4n) is 4.27. The van der Waals surface area contributed by atoms with Crippen molar-refractivity contribution in [2.24, 2.45) is 0 Å². The Labute approximate surface area is 174 Å². The quantitative estimate of drug-likeness (QED) is 0.581. The van der Waals surface area contributed by atoms with Crippen LogP contribution < -0.4 is 0 Å². The van der Waals surface area contributed by atoms with Crippen molar-refractivity contribution in [2.45, 2.75) is 38.4 Å². The molecular weight excluding hydrogens is 356 g/mol. The Bertz CT molecular complexity index is 842. The third-order valence-corrected chi connectivity index (χ3v) is 6.02. The van der Waals surface area contributed by atoms with Crippen molar-refractivity contribution in [2.75, 3.05) is 26.7 Å². The van der Waals surface area contributed by atoms with Crippen LogP contribution in [0.2, 0.25) is 0 Å². The molecule has 4 rings (SSSR count). The van der Waals surface area contributed by atoms with Gasteiger partial charge in [-0.05, 0) is 55.6 Å². The second kappa shape index (κ2) is 9.86. The highest BCUT2D eigenvalue weighted by molar-refractivity contribution is 5.23. The standard InChI is InChI=1S/C25H32N4/c1-27(19-23-10-12-24(13-11-23)20-29-17-6-15-26-29)25-9-5-16-28(21-25)18-14-22-7-3-2-4-8-22/h2-4,6-8,10-13,15,17,25H,5,9,14,16,18-21H2,1H3. The summed E-state index contributed by atoms with van der Waals surface area (Å²) in [5.41, 5.74) is 4.13. The lowest BCUT2D eigenvalue weighted by molar-refractivity contribution is 0.112. The summed E-state index contributed by atoms with van der Waals surface area (Å²) in [4.78, 5) is 5.18. The highest BCUT2D eigenvalue weighted by atomic mass is 15.3. The first-order valence-electron chi connectivity index (χ1n) is 10.8. The predicted molar refractivity (Wildman–Crippen MR) is 119 cm³/mol. The van der Waals surface area contributed by atoms with E-state index in [2.05, 4.69) is 76.5 Å². The lowest BCUT2D eigenvalue weighted by atomic mass is 10.0. The van der Waals surface area contributed by atoms with Gasteiger partial charge in [-0.3, -0.25) is 9.58 Å². The van der Waals surface area contributed by atoms with Crippen molar-refractivity contribution >= 4 is 0 Å². The zero-order valence-corrected chi connectivity index (χ0v) is 17.5. The SMILES string of the molecule is CN(Cc1ccc(Cn2cccn2)cc1)C1CCCN(CCc2ccccc2)C1. The van der Waals surface area contributed by atoms with Gasteiger partial charge in [0.1, 0.15) is 0 Å². The number of benzene rings is 2. The van der Waals surface area contributed by atoms with Crippen LogP contribution in [0.5, 0.6) is 0 Å². The van der Waals surface area contributed by atoms with Crippen LogP contribution in [0.25, 0.3) is 0 Å². The molecule has 1 aliphatic heterocycles. The summed E-state index contributed by atoms with van der Waals surface area (Å²) in [5, 5.41) is 4.29. The van der Waals surface area contributed by atoms with Crippen molar-refractivity contribution in [1.29, 1.82) is 0 Å². The lowest BCUT2D eigenvalue weighted by Gasteiger charge is -2.37. The van der Waals surface area contributed by atoms with Crippen molar-refractivity contribution in [3.05, 3.63) is 89.7 Å². The monoisotopic (exact) mass is 388 g/mol. The molecule has 2 aromatic carbocycles. The molecule has 1 unspecified atom stereocenters. The van der Waals surface area contributed by atoms with E-state index >= 15 is 0 Å². The van der Waals surface area contributed by atoms with Crippen molar-refractivity contribution in [3.63, 3.8) is 0 Å². The van der Waals surface area contributed by atoms with Gasteiger partial charge in [0.2, 0.25) is 0 Å². The molecule has 0 bridgehead atoms. The molecule has 0 aliphatic carbocycles. The second-order valence-corrected chi connectivity index (χ2v) is 8.27. The Morgan fingerprint density at radius 3 is 2.52 bits per heavy atom. The predicted octanol–water partition coefficient (Wildman–Crippen LogP) is 4.07. The minimum atomic E-state index is 0.642. The Balaban J connectivity index is 1.26. The summed E-state index contributed by atoms with van der Waals surface area (Å²) < 4.78 is 1.97. The minimum absolute atomic E-state index is 0.642. The van der Waals surface area contributed by atoms with Gasteiger partial charge in [0, 0.05) is 38.1 Å². The van der Waals surface area contributed by atoms with E-state index < -0.39 is 0 Å². The van der Waals surface area contributed by atoms with Gasteiger partial charge in [0.05, 0.1) is 6.54 Å². The van der Waals surface area contributed by atoms with Crippen LogP contribution in [0.3, 0.4) is 0 Å². The van der Waals surface area contributed by atoms with Crippen LogP contribution in [0.4, 0.5) is 0 Å². The number of hydrogen-bond acceptors (Lipinski definition) is 3. The number of likely N-dealkylation sites (N-methyl/N-ethyl adjacent to an activating group) is 1. The first-order chi connectivity index (χ1) is 14.3. The third-order valence-electron chi connectivity index (χ3n) is 6.02. The van der Waals surface area contributed by atoms with Gasteiger partial charge in [-0.2, -0.15) is 5.10 Å². The molecule has 152 valence electrons. The highest BCUT2D eigenvalue weighted by Crippen LogP contribution is 2.18. The van der Waals surface area contributed by atoms with E-state index in [1.54, 1.807) is 0 Å². The Morgan fingerprint density at radius 1 is 0.966 bits per heavy atom. The van der Waals surface area contributed by atoms with E-state index in [0.717, 1.165) is 26.1 Å². The molecule has 0 radical (unpaired) electrons. The van der Waals surface area contributed by atoms with Gasteiger partial charge in [0.15, 0.2) is 0 Å². The number of aromatic nitrogens is 2. The van der Waals surface area contributed by atoms with E-state index in [1.165, 1.54) is 42.6 Å². The van der Waals surface area contributed by atoms with E-state index in [-0.39, 0.29) is 0 Å². The molecule has 0 amide bonds. The van der Waals surface area contributed by atoms with Crippen LogP contribution >= 0.6 is 0 Å². The average Bonchev–Trinajstić information content (AvgIpc) is 3.28. The van der Waals surface area contributed by atoms with Gasteiger partial charge in [-0.25, -0.2) is 0 Å². The maximum absolute atomic E-state index is 4.29. The first-order valence-corrected chi connectivity index (χ1v) is 10.8. The fraction of sp³-hybridized carbons (Fsp3) is 0.400. The Morgan fingerprint density at radius 2 is 1.76 bits per heavy atom. The smallest absolute Gasteiger partial charge is 0.0659 e. The number of rotatable bonds is 8. The van der Waals surface area contributed by atoms with E-state index in [9.17, 15) is 0 Å². The second-order valence-electron chi connectivity index (χ2n) is 8.27. The average molecular weight is 389 g/mol. The van der Waals surface area contributed by atoms with Crippen LogP contribution in [0, 0.1) is 0 Å². The lowest BCUT2D eigenvalue weighted by Crippen LogP contribution is -2.46. The Hall–Kier alpha value is -2.43. The van der Waals surface area contributed by atoms with Crippen molar-refractivity contribution in [3.8, 4) is 0 Å². The molecular formula is C25H32N4. The molecule has 0 N–H and O–H groups in total. The van der Waals surface area contributed by atoms with E-state index in [1.807, 2.05) is 23.1 Å². The van der Waals surface area contributed by atoms with E-state index in [0.29, 0.717) is 6.04 Å². The zero-order valence-electron chi connectivity index (χ0n) is 17.5. The molecule has 0 saturated carbocycles. The van der Waals surface area contributed by atoms with Gasteiger partial charge < -0.3 is 4.90 Å². The van der Waals surface area contributed by atoms with Crippen LogP contribution in [0.15, 0.2) is 73.1 Å². The maximum Gasteiger partial charge on any atom is 0.0659 e. The summed E-state index contributed by atoms with van der Waals surface area (Å²) >= 11 is 0. The topological polar surface area (TPSA) is 24.3 Å². The zero-order chi connectivity index (χ0) is 19.9. The summed E-state index contributed by atoms with van der Waals surface area (Å²) in [6.45, 7) is 5.43. The molecule has 1 saturated heterocycles. The van der Waals surface area contributed by atoms with Gasteiger partial charge in [-0.1, -0.05) is 54.6 Å². The van der Waals surface area contributed by atoms with Gasteiger partial charge in [0.25, 0.3) is 0 Å². The van der Waals surface area contributed by atoms with Crippen LogP contribution in [-0.2, 0) is 19.5 Å². The summed E-state index contributed by atoms with van der Waals surface area (Å²) in [6.07, 6.45) is 7.59. The fourth-order valence-corrected chi connectivity index (χ4v) is 4.27. The third kappa shape index (κ3) is 5.78. The Kier molecular flexibility index (Phi) is 6.75. The molecule has 1 aliphatic rings. The summed E-state index contributed by atoms with van der Waals surface area (Å²) in [5.74, 6) is 0. The van der Waals surface area contributed by atoms with Crippen LogP contribution in [0.1, 0.15) is 29.5 Å². The number of hydrogen-bond donors (Lipinski definition) is 0. The molecule has 4 heteroatoms. The minimum Gasteiger partial charge on any atom is -0.301 e. The highest BCUT2D eigenvalue weighted by Gasteiger charge is 2.23. The van der Waals surface area contributed by atoms with Crippen molar-refractivity contribution in [1.82, 2.24) is 19.6 Å². The van der Waals surface area contributed by atoms with E-state index in [4.69, 9.17) is 0 Å². The summed E-state index contributed by atoms with van der Waals surface area (Å²) in [6, 6.07) is 22.5. The number of piperidine rings is 1. The molecule has 1 atom stereocenters.